The molecule has 1 heterocycles. The summed E-state index contributed by atoms with van der Waals surface area (Å²) in [4.78, 5) is 8.70. The highest BCUT2D eigenvalue weighted by molar-refractivity contribution is 5.42. The van der Waals surface area contributed by atoms with Gasteiger partial charge in [0, 0.05) is 23.8 Å². The van der Waals surface area contributed by atoms with Gasteiger partial charge in [-0.1, -0.05) is 0 Å². The fourth-order valence-electron chi connectivity index (χ4n) is 1.26. The summed E-state index contributed by atoms with van der Waals surface area (Å²) >= 11 is 0. The molecule has 0 spiro atoms. The van der Waals surface area contributed by atoms with Gasteiger partial charge in [-0.25, -0.2) is 4.98 Å². The summed E-state index contributed by atoms with van der Waals surface area (Å²) in [6.07, 6.45) is 0. The fraction of sp³-hybridized carbons (Fsp3) is 0.636. The highest BCUT2D eigenvalue weighted by Crippen LogP contribution is 2.11. The van der Waals surface area contributed by atoms with E-state index in [9.17, 15) is 0 Å². The van der Waals surface area contributed by atoms with Crippen LogP contribution in [0.15, 0.2) is 6.07 Å². The lowest BCUT2D eigenvalue weighted by Gasteiger charge is -2.13. The van der Waals surface area contributed by atoms with Crippen LogP contribution >= 0.6 is 0 Å². The smallest absolute Gasteiger partial charge is 0.225 e. The quantitative estimate of drug-likeness (QED) is 0.798. The van der Waals surface area contributed by atoms with E-state index in [-0.39, 0.29) is 0 Å². The van der Waals surface area contributed by atoms with Gasteiger partial charge in [0.15, 0.2) is 0 Å². The van der Waals surface area contributed by atoms with Gasteiger partial charge in [-0.05, 0) is 34.6 Å². The maximum atomic E-state index is 4.38. The number of nitrogens with zero attached hydrogens (tertiary/aromatic N) is 2. The molecule has 1 aromatic rings. The molecular weight excluding hydrogens is 188 g/mol. The van der Waals surface area contributed by atoms with Gasteiger partial charge in [-0.2, -0.15) is 4.98 Å². The molecule has 0 saturated heterocycles. The number of aromatic nitrogens is 2. The molecule has 1 rings (SSSR count). The maximum absolute atomic E-state index is 4.38. The van der Waals surface area contributed by atoms with Crippen molar-refractivity contribution in [3.63, 3.8) is 0 Å². The SMILES string of the molecule is Cc1cc(NC(C)C)nc(NC(C)C)n1. The van der Waals surface area contributed by atoms with Crippen molar-refractivity contribution in [1.82, 2.24) is 9.97 Å². The first-order valence-corrected chi connectivity index (χ1v) is 5.36. The number of aryl methyl sites for hydroxylation is 1. The summed E-state index contributed by atoms with van der Waals surface area (Å²) in [5.41, 5.74) is 0.969. The highest BCUT2D eigenvalue weighted by atomic mass is 15.2. The normalized spacial score (nSPS) is 10.9. The van der Waals surface area contributed by atoms with Crippen molar-refractivity contribution in [2.24, 2.45) is 0 Å². The van der Waals surface area contributed by atoms with Crippen molar-refractivity contribution in [1.29, 1.82) is 0 Å². The summed E-state index contributed by atoms with van der Waals surface area (Å²) < 4.78 is 0. The summed E-state index contributed by atoms with van der Waals surface area (Å²) in [6, 6.07) is 2.68. The van der Waals surface area contributed by atoms with E-state index in [1.165, 1.54) is 0 Å². The molecule has 0 aliphatic heterocycles. The van der Waals surface area contributed by atoms with Gasteiger partial charge in [0.25, 0.3) is 0 Å². The van der Waals surface area contributed by atoms with Crippen LogP contribution in [0.5, 0.6) is 0 Å². The van der Waals surface area contributed by atoms with Gasteiger partial charge >= 0.3 is 0 Å². The first-order chi connectivity index (χ1) is 6.97. The van der Waals surface area contributed by atoms with Crippen LogP contribution in [-0.4, -0.2) is 22.1 Å². The molecule has 0 radical (unpaired) electrons. The van der Waals surface area contributed by atoms with Crippen molar-refractivity contribution >= 4 is 11.8 Å². The fourth-order valence-corrected chi connectivity index (χ4v) is 1.26. The Morgan fingerprint density at radius 1 is 1.00 bits per heavy atom. The average molecular weight is 208 g/mol. The minimum atomic E-state index is 0.346. The monoisotopic (exact) mass is 208 g/mol. The van der Waals surface area contributed by atoms with Gasteiger partial charge in [0.2, 0.25) is 5.95 Å². The number of anilines is 2. The van der Waals surface area contributed by atoms with Crippen molar-refractivity contribution < 1.29 is 0 Å². The van der Waals surface area contributed by atoms with Crippen molar-refractivity contribution in [2.45, 2.75) is 46.7 Å². The molecule has 0 atom stereocenters. The zero-order valence-corrected chi connectivity index (χ0v) is 10.1. The molecule has 84 valence electrons. The van der Waals surface area contributed by atoms with E-state index in [2.05, 4.69) is 48.3 Å². The second-order valence-corrected chi connectivity index (χ2v) is 4.32. The van der Waals surface area contributed by atoms with Crippen molar-refractivity contribution in [3.05, 3.63) is 11.8 Å². The Kier molecular flexibility index (Phi) is 3.88. The molecule has 2 N–H and O–H groups in total. The van der Waals surface area contributed by atoms with Gasteiger partial charge in [-0.3, -0.25) is 0 Å². The Hall–Kier alpha value is -1.32. The number of hydrogen-bond donors (Lipinski definition) is 2. The molecular formula is C11H20N4. The van der Waals surface area contributed by atoms with E-state index >= 15 is 0 Å². The first-order valence-electron chi connectivity index (χ1n) is 5.36. The van der Waals surface area contributed by atoms with E-state index in [0.717, 1.165) is 11.5 Å². The van der Waals surface area contributed by atoms with Crippen LogP contribution in [0.4, 0.5) is 11.8 Å². The van der Waals surface area contributed by atoms with Crippen LogP contribution in [0.1, 0.15) is 33.4 Å². The Balaban J connectivity index is 2.84. The number of rotatable bonds is 4. The van der Waals surface area contributed by atoms with E-state index in [1.54, 1.807) is 0 Å². The van der Waals surface area contributed by atoms with Crippen molar-refractivity contribution in [3.8, 4) is 0 Å². The van der Waals surface area contributed by atoms with Crippen LogP contribution in [0, 0.1) is 6.92 Å². The predicted octanol–water partition coefficient (Wildman–Crippen LogP) is 2.43. The average Bonchev–Trinajstić information content (AvgIpc) is 1.98. The van der Waals surface area contributed by atoms with Crippen LogP contribution in [0.3, 0.4) is 0 Å². The third kappa shape index (κ3) is 4.14. The summed E-state index contributed by atoms with van der Waals surface area (Å²) in [5, 5.41) is 6.47. The molecule has 0 aliphatic rings. The van der Waals surface area contributed by atoms with Gasteiger partial charge < -0.3 is 10.6 Å². The second kappa shape index (κ2) is 4.96. The Morgan fingerprint density at radius 2 is 1.60 bits per heavy atom. The molecule has 4 heteroatoms. The van der Waals surface area contributed by atoms with Crippen LogP contribution < -0.4 is 10.6 Å². The third-order valence-electron chi connectivity index (χ3n) is 1.71. The van der Waals surface area contributed by atoms with Crippen LogP contribution in [-0.2, 0) is 0 Å². The summed E-state index contributed by atoms with van der Waals surface area (Å²) in [5.74, 6) is 1.56. The lowest BCUT2D eigenvalue weighted by Crippen LogP contribution is -2.16. The third-order valence-corrected chi connectivity index (χ3v) is 1.71. The largest absolute Gasteiger partial charge is 0.368 e. The molecule has 0 aromatic carbocycles. The molecule has 0 fully saturated rings. The zero-order valence-electron chi connectivity index (χ0n) is 10.1. The Labute approximate surface area is 91.5 Å². The lowest BCUT2D eigenvalue weighted by molar-refractivity contribution is 0.857. The molecule has 0 saturated carbocycles. The number of hydrogen-bond acceptors (Lipinski definition) is 4. The predicted molar refractivity (Wildman–Crippen MR) is 64.3 cm³/mol. The molecule has 4 nitrogen and oxygen atoms in total. The van der Waals surface area contributed by atoms with Gasteiger partial charge in [0.05, 0.1) is 0 Å². The van der Waals surface area contributed by atoms with E-state index in [0.29, 0.717) is 18.0 Å². The molecule has 0 amide bonds. The topological polar surface area (TPSA) is 49.8 Å². The second-order valence-electron chi connectivity index (χ2n) is 4.32. The molecule has 1 aromatic heterocycles. The summed E-state index contributed by atoms with van der Waals surface area (Å²) in [7, 11) is 0. The summed E-state index contributed by atoms with van der Waals surface area (Å²) in [6.45, 7) is 10.3. The Morgan fingerprint density at radius 3 is 2.13 bits per heavy atom. The minimum Gasteiger partial charge on any atom is -0.368 e. The zero-order chi connectivity index (χ0) is 11.4. The van der Waals surface area contributed by atoms with Gasteiger partial charge in [-0.15, -0.1) is 0 Å². The molecule has 0 bridgehead atoms. The molecule has 15 heavy (non-hydrogen) atoms. The molecule has 0 aliphatic carbocycles. The van der Waals surface area contributed by atoms with E-state index in [4.69, 9.17) is 0 Å². The lowest BCUT2D eigenvalue weighted by atomic mass is 10.3. The maximum Gasteiger partial charge on any atom is 0.225 e. The number of nitrogens with one attached hydrogen (secondary N) is 2. The molecule has 0 unspecified atom stereocenters. The Bertz CT molecular complexity index is 292. The van der Waals surface area contributed by atoms with Crippen molar-refractivity contribution in [2.75, 3.05) is 10.6 Å². The first kappa shape index (κ1) is 11.8. The van der Waals surface area contributed by atoms with Crippen LogP contribution in [0.25, 0.3) is 0 Å². The van der Waals surface area contributed by atoms with Crippen LogP contribution in [0.2, 0.25) is 0 Å². The minimum absolute atomic E-state index is 0.346. The standard InChI is InChI=1S/C11H20N4/c1-7(2)12-10-6-9(5)14-11(15-10)13-8(3)4/h6-8H,1-5H3,(H2,12,13,14,15). The van der Waals surface area contributed by atoms with E-state index in [1.807, 2.05) is 13.0 Å². The van der Waals surface area contributed by atoms with E-state index < -0.39 is 0 Å². The highest BCUT2D eigenvalue weighted by Gasteiger charge is 2.03. The van der Waals surface area contributed by atoms with Gasteiger partial charge in [0.1, 0.15) is 5.82 Å².